The number of halogens is 3. The van der Waals surface area contributed by atoms with Gasteiger partial charge in [0.1, 0.15) is 11.6 Å². The molecule has 1 saturated carbocycles. The predicted octanol–water partition coefficient (Wildman–Crippen LogP) is 3.20. The molecule has 3 rings (SSSR count). The molecule has 1 aromatic heterocycles. The highest BCUT2D eigenvalue weighted by Crippen LogP contribution is 2.28. The van der Waals surface area contributed by atoms with Crippen molar-refractivity contribution in [2.75, 3.05) is 6.54 Å². The van der Waals surface area contributed by atoms with E-state index in [0.29, 0.717) is 34.4 Å². The maximum Gasteiger partial charge on any atom is 0.223 e. The van der Waals surface area contributed by atoms with Gasteiger partial charge in [-0.2, -0.15) is 0 Å². The van der Waals surface area contributed by atoms with Gasteiger partial charge in [0.25, 0.3) is 0 Å². The molecule has 0 saturated heterocycles. The van der Waals surface area contributed by atoms with Gasteiger partial charge in [-0.15, -0.1) is 11.6 Å². The Labute approximate surface area is 134 Å². The smallest absolute Gasteiger partial charge is 0.223 e. The Morgan fingerprint density at radius 2 is 2.29 bits per heavy atom. The molecule has 1 amide bonds. The topological polar surface area (TPSA) is 46.9 Å². The van der Waals surface area contributed by atoms with Gasteiger partial charge in [0, 0.05) is 25.1 Å². The molecule has 1 N–H and O–H groups in total. The van der Waals surface area contributed by atoms with Crippen molar-refractivity contribution in [1.82, 2.24) is 14.9 Å². The van der Waals surface area contributed by atoms with Crippen molar-refractivity contribution in [3.05, 3.63) is 28.2 Å². The number of fused-ring (bicyclic) bond motifs is 1. The molecule has 0 radical (unpaired) electrons. The third kappa shape index (κ3) is 3.06. The zero-order valence-corrected chi connectivity index (χ0v) is 13.5. The van der Waals surface area contributed by atoms with Gasteiger partial charge < -0.3 is 9.88 Å². The number of hydrogen-bond acceptors (Lipinski definition) is 2. The number of nitrogens with zero attached hydrogens (tertiary/aromatic N) is 2. The van der Waals surface area contributed by atoms with Crippen LogP contribution in [0.3, 0.4) is 0 Å². The summed E-state index contributed by atoms with van der Waals surface area (Å²) in [5, 5.41) is 2.89. The van der Waals surface area contributed by atoms with Crippen molar-refractivity contribution in [3.63, 3.8) is 0 Å². The van der Waals surface area contributed by atoms with E-state index in [1.54, 1.807) is 6.07 Å². The number of aromatic nitrogens is 2. The first-order chi connectivity index (χ1) is 10.1. The molecule has 1 aliphatic rings. The zero-order chi connectivity index (χ0) is 15.0. The zero-order valence-electron chi connectivity index (χ0n) is 11.2. The summed E-state index contributed by atoms with van der Waals surface area (Å²) in [4.78, 5) is 16.0. The van der Waals surface area contributed by atoms with Crippen molar-refractivity contribution in [2.45, 2.75) is 25.3 Å². The van der Waals surface area contributed by atoms with Gasteiger partial charge in [-0.1, -0.05) is 0 Å². The third-order valence-corrected chi connectivity index (χ3v) is 4.42. The molecule has 1 aromatic carbocycles. The summed E-state index contributed by atoms with van der Waals surface area (Å²) >= 11 is 9.06. The number of alkyl halides is 1. The van der Waals surface area contributed by atoms with E-state index < -0.39 is 0 Å². The second-order valence-corrected chi connectivity index (χ2v) is 6.26. The molecule has 0 aliphatic heterocycles. The minimum absolute atomic E-state index is 0.0979. The van der Waals surface area contributed by atoms with Gasteiger partial charge in [-0.25, -0.2) is 9.37 Å². The maximum absolute atomic E-state index is 13.7. The second kappa shape index (κ2) is 5.93. The fourth-order valence-electron chi connectivity index (χ4n) is 2.30. The normalized spacial score (nSPS) is 14.6. The minimum atomic E-state index is -0.341. The fourth-order valence-corrected chi connectivity index (χ4v) is 2.84. The first-order valence-electron chi connectivity index (χ1n) is 6.78. The Morgan fingerprint density at radius 3 is 2.95 bits per heavy atom. The Kier molecular flexibility index (Phi) is 4.17. The van der Waals surface area contributed by atoms with Crippen LogP contribution in [0.1, 0.15) is 18.7 Å². The van der Waals surface area contributed by atoms with Crippen LogP contribution in [-0.4, -0.2) is 22.0 Å². The minimum Gasteiger partial charge on any atom is -0.354 e. The molecule has 1 fully saturated rings. The largest absolute Gasteiger partial charge is 0.354 e. The summed E-state index contributed by atoms with van der Waals surface area (Å²) in [6.07, 6.45) is 1.96. The highest BCUT2D eigenvalue weighted by Gasteiger charge is 2.29. The molecule has 0 atom stereocenters. The molecular weight excluding hydrogens is 361 g/mol. The molecule has 1 aliphatic carbocycles. The average Bonchev–Trinajstić information content (AvgIpc) is 3.25. The Bertz CT molecular complexity index is 699. The van der Waals surface area contributed by atoms with E-state index in [1.165, 1.54) is 6.07 Å². The molecule has 21 heavy (non-hydrogen) atoms. The molecule has 2 aromatic rings. The van der Waals surface area contributed by atoms with Gasteiger partial charge in [0.2, 0.25) is 5.91 Å². The van der Waals surface area contributed by atoms with Gasteiger partial charge in [-0.3, -0.25) is 4.79 Å². The van der Waals surface area contributed by atoms with E-state index in [4.69, 9.17) is 11.6 Å². The lowest BCUT2D eigenvalue weighted by molar-refractivity contribution is -0.122. The van der Waals surface area contributed by atoms with Crippen LogP contribution in [0.2, 0.25) is 0 Å². The van der Waals surface area contributed by atoms with E-state index in [2.05, 4.69) is 26.2 Å². The lowest BCUT2D eigenvalue weighted by Crippen LogP contribution is -2.28. The van der Waals surface area contributed by atoms with Crippen LogP contribution >= 0.6 is 27.5 Å². The number of nitrogens with one attached hydrogen (secondary N) is 1. The second-order valence-electron chi connectivity index (χ2n) is 5.13. The van der Waals surface area contributed by atoms with Gasteiger partial charge in [-0.05, 0) is 34.8 Å². The van der Waals surface area contributed by atoms with E-state index in [-0.39, 0.29) is 23.5 Å². The standard InChI is InChI=1S/C14H14BrClFN3O/c15-9-5-11-12(6-10(9)17)20(13(7-16)19-11)4-3-18-14(21)8-1-2-8/h5-6,8H,1-4,7H2,(H,18,21). The SMILES string of the molecule is O=C(NCCn1c(CCl)nc2cc(Br)c(F)cc21)C1CC1. The van der Waals surface area contributed by atoms with Gasteiger partial charge >= 0.3 is 0 Å². The van der Waals surface area contributed by atoms with E-state index >= 15 is 0 Å². The van der Waals surface area contributed by atoms with Crippen molar-refractivity contribution in [2.24, 2.45) is 5.92 Å². The summed E-state index contributed by atoms with van der Waals surface area (Å²) in [5.74, 6) is 0.854. The quantitative estimate of drug-likeness (QED) is 0.817. The Hall–Kier alpha value is -1.14. The van der Waals surface area contributed by atoms with E-state index in [9.17, 15) is 9.18 Å². The number of imidazole rings is 1. The molecule has 1 heterocycles. The number of carbonyl (C=O) groups is 1. The summed E-state index contributed by atoms with van der Waals surface area (Å²) in [5.41, 5.74) is 1.37. The molecule has 0 unspecified atom stereocenters. The highest BCUT2D eigenvalue weighted by molar-refractivity contribution is 9.10. The first-order valence-corrected chi connectivity index (χ1v) is 8.10. The molecule has 0 bridgehead atoms. The number of rotatable bonds is 5. The van der Waals surface area contributed by atoms with Crippen LogP contribution in [0.15, 0.2) is 16.6 Å². The molecule has 0 spiro atoms. The molecular formula is C14H14BrClFN3O. The van der Waals surface area contributed by atoms with Crippen molar-refractivity contribution in [1.29, 1.82) is 0 Å². The summed E-state index contributed by atoms with van der Waals surface area (Å²) in [6.45, 7) is 1.01. The number of carbonyl (C=O) groups excluding carboxylic acids is 1. The number of benzene rings is 1. The van der Waals surface area contributed by atoms with Crippen LogP contribution in [-0.2, 0) is 17.2 Å². The van der Waals surface area contributed by atoms with Gasteiger partial charge in [0.15, 0.2) is 0 Å². The number of amides is 1. The predicted molar refractivity (Wildman–Crippen MR) is 82.7 cm³/mol. The molecule has 7 heteroatoms. The van der Waals surface area contributed by atoms with Crippen LogP contribution < -0.4 is 5.32 Å². The number of hydrogen-bond donors (Lipinski definition) is 1. The lowest BCUT2D eigenvalue weighted by Gasteiger charge is -2.09. The summed E-state index contributed by atoms with van der Waals surface area (Å²) in [7, 11) is 0. The first kappa shape index (κ1) is 14.8. The molecule has 112 valence electrons. The Morgan fingerprint density at radius 1 is 1.52 bits per heavy atom. The van der Waals surface area contributed by atoms with E-state index in [1.807, 2.05) is 4.57 Å². The summed E-state index contributed by atoms with van der Waals surface area (Å²) in [6, 6.07) is 3.07. The van der Waals surface area contributed by atoms with E-state index in [0.717, 1.165) is 12.8 Å². The van der Waals surface area contributed by atoms with Crippen molar-refractivity contribution in [3.8, 4) is 0 Å². The summed E-state index contributed by atoms with van der Waals surface area (Å²) < 4.78 is 15.9. The Balaban J connectivity index is 1.81. The van der Waals surface area contributed by atoms with Crippen LogP contribution in [0, 0.1) is 11.7 Å². The third-order valence-electron chi connectivity index (χ3n) is 3.57. The van der Waals surface area contributed by atoms with Crippen LogP contribution in [0.5, 0.6) is 0 Å². The van der Waals surface area contributed by atoms with Crippen LogP contribution in [0.4, 0.5) is 4.39 Å². The lowest BCUT2D eigenvalue weighted by atomic mass is 10.3. The van der Waals surface area contributed by atoms with Crippen molar-refractivity contribution < 1.29 is 9.18 Å². The maximum atomic E-state index is 13.7. The fraction of sp³-hybridized carbons (Fsp3) is 0.429. The average molecular weight is 375 g/mol. The highest BCUT2D eigenvalue weighted by atomic mass is 79.9. The molecule has 4 nitrogen and oxygen atoms in total. The van der Waals surface area contributed by atoms with Crippen LogP contribution in [0.25, 0.3) is 11.0 Å². The van der Waals surface area contributed by atoms with Gasteiger partial charge in [0.05, 0.1) is 21.4 Å². The monoisotopic (exact) mass is 373 g/mol. The van der Waals surface area contributed by atoms with Crippen molar-refractivity contribution >= 4 is 44.5 Å².